The number of thioether (sulfide) groups is 2. The summed E-state index contributed by atoms with van der Waals surface area (Å²) in [5.74, 6) is 2.52. The molecule has 0 aliphatic carbocycles. The summed E-state index contributed by atoms with van der Waals surface area (Å²) in [5, 5.41) is 3.07. The molecule has 24 heavy (non-hydrogen) atoms. The van der Waals surface area contributed by atoms with Gasteiger partial charge in [-0.2, -0.15) is 0 Å². The summed E-state index contributed by atoms with van der Waals surface area (Å²) in [6.45, 7) is 4.33. The van der Waals surface area contributed by atoms with E-state index in [2.05, 4.69) is 22.3 Å². The van der Waals surface area contributed by atoms with Crippen LogP contribution in [0.25, 0.3) is 0 Å². The minimum Gasteiger partial charge on any atom is -0.352 e. The third-order valence-corrected chi connectivity index (χ3v) is 7.81. The Morgan fingerprint density at radius 1 is 1.04 bits per heavy atom. The van der Waals surface area contributed by atoms with E-state index >= 15 is 0 Å². The Kier molecular flexibility index (Phi) is 7.36. The predicted octanol–water partition coefficient (Wildman–Crippen LogP) is 4.16. The van der Waals surface area contributed by atoms with Crippen molar-refractivity contribution in [3.63, 3.8) is 0 Å². The zero-order chi connectivity index (χ0) is 16.6. The summed E-state index contributed by atoms with van der Waals surface area (Å²) in [6, 6.07) is 8.17. The van der Waals surface area contributed by atoms with Crippen molar-refractivity contribution >= 4 is 29.4 Å². The standard InChI is InChI=1S/C19H28N2OS2/c22-18(20-10-5-13-21-11-3-1-2-4-12-21)16-6-8-17(9-7-16)19-23-14-15-24-19/h6-9,19H,1-5,10-15H2,(H,20,22). The highest BCUT2D eigenvalue weighted by molar-refractivity contribution is 8.19. The minimum absolute atomic E-state index is 0.0594. The van der Waals surface area contributed by atoms with E-state index in [4.69, 9.17) is 0 Å². The van der Waals surface area contributed by atoms with Gasteiger partial charge in [-0.05, 0) is 56.6 Å². The van der Waals surface area contributed by atoms with E-state index in [9.17, 15) is 4.79 Å². The van der Waals surface area contributed by atoms with Crippen molar-refractivity contribution in [1.29, 1.82) is 0 Å². The third kappa shape index (κ3) is 5.43. The van der Waals surface area contributed by atoms with Crippen LogP contribution in [-0.4, -0.2) is 48.5 Å². The number of nitrogens with one attached hydrogen (secondary N) is 1. The van der Waals surface area contributed by atoms with Gasteiger partial charge < -0.3 is 10.2 Å². The van der Waals surface area contributed by atoms with E-state index in [0.29, 0.717) is 4.58 Å². The van der Waals surface area contributed by atoms with Crippen LogP contribution in [0, 0.1) is 0 Å². The molecule has 3 rings (SSSR count). The van der Waals surface area contributed by atoms with Crippen LogP contribution in [0.4, 0.5) is 0 Å². The van der Waals surface area contributed by atoms with Crippen LogP contribution in [0.3, 0.4) is 0 Å². The minimum atomic E-state index is 0.0594. The number of likely N-dealkylation sites (tertiary alicyclic amines) is 1. The maximum atomic E-state index is 12.2. The lowest BCUT2D eigenvalue weighted by molar-refractivity contribution is 0.0951. The molecule has 1 aromatic carbocycles. The Morgan fingerprint density at radius 3 is 2.38 bits per heavy atom. The first-order valence-electron chi connectivity index (χ1n) is 9.17. The van der Waals surface area contributed by atoms with Crippen molar-refractivity contribution in [2.45, 2.75) is 36.7 Å². The van der Waals surface area contributed by atoms with Gasteiger partial charge in [0.15, 0.2) is 0 Å². The molecule has 2 aliphatic rings. The molecule has 5 heteroatoms. The quantitative estimate of drug-likeness (QED) is 0.768. The number of carbonyl (C=O) groups is 1. The third-order valence-electron chi connectivity index (χ3n) is 4.70. The van der Waals surface area contributed by atoms with Crippen LogP contribution in [0.1, 0.15) is 52.6 Å². The molecule has 0 radical (unpaired) electrons. The highest BCUT2D eigenvalue weighted by atomic mass is 32.2. The second kappa shape index (κ2) is 9.73. The number of carbonyl (C=O) groups excluding carboxylic acids is 1. The normalized spacial score (nSPS) is 20.0. The first kappa shape index (κ1) is 18.2. The molecule has 0 spiro atoms. The Balaban J connectivity index is 1.38. The Labute approximate surface area is 154 Å². The van der Waals surface area contributed by atoms with Crippen molar-refractivity contribution in [2.75, 3.05) is 37.7 Å². The van der Waals surface area contributed by atoms with Crippen LogP contribution < -0.4 is 5.32 Å². The summed E-state index contributed by atoms with van der Waals surface area (Å²) >= 11 is 4.00. The molecule has 1 amide bonds. The number of benzene rings is 1. The second-order valence-electron chi connectivity index (χ2n) is 6.56. The summed E-state index contributed by atoms with van der Waals surface area (Å²) < 4.78 is 0.552. The summed E-state index contributed by atoms with van der Waals surface area (Å²) in [5.41, 5.74) is 2.11. The predicted molar refractivity (Wildman–Crippen MR) is 106 cm³/mol. The highest BCUT2D eigenvalue weighted by Crippen LogP contribution is 2.45. The van der Waals surface area contributed by atoms with Gasteiger partial charge in [-0.3, -0.25) is 4.79 Å². The van der Waals surface area contributed by atoms with Crippen LogP contribution in [0.15, 0.2) is 24.3 Å². The molecule has 0 saturated carbocycles. The van der Waals surface area contributed by atoms with Crippen LogP contribution in [0.5, 0.6) is 0 Å². The summed E-state index contributed by atoms with van der Waals surface area (Å²) in [4.78, 5) is 14.8. The molecule has 0 bridgehead atoms. The van der Waals surface area contributed by atoms with Gasteiger partial charge in [0, 0.05) is 23.6 Å². The highest BCUT2D eigenvalue weighted by Gasteiger charge is 2.18. The smallest absolute Gasteiger partial charge is 0.251 e. The molecule has 0 aromatic heterocycles. The van der Waals surface area contributed by atoms with Gasteiger partial charge >= 0.3 is 0 Å². The Hall–Kier alpha value is -0.650. The summed E-state index contributed by atoms with van der Waals surface area (Å²) in [7, 11) is 0. The number of hydrogen-bond acceptors (Lipinski definition) is 4. The van der Waals surface area contributed by atoms with E-state index in [1.165, 1.54) is 55.8 Å². The number of nitrogens with zero attached hydrogens (tertiary/aromatic N) is 1. The van der Waals surface area contributed by atoms with Gasteiger partial charge in [0.2, 0.25) is 0 Å². The second-order valence-corrected chi connectivity index (χ2v) is 9.29. The molecule has 0 atom stereocenters. The lowest BCUT2D eigenvalue weighted by Gasteiger charge is -2.19. The SMILES string of the molecule is O=C(NCCCN1CCCCCC1)c1ccc(C2SCCS2)cc1. The van der Waals surface area contributed by atoms with Crippen LogP contribution in [-0.2, 0) is 0 Å². The Bertz CT molecular complexity index is 507. The van der Waals surface area contributed by atoms with Gasteiger partial charge in [0.25, 0.3) is 5.91 Å². The molecule has 132 valence electrons. The van der Waals surface area contributed by atoms with Gasteiger partial charge in [-0.1, -0.05) is 25.0 Å². The number of hydrogen-bond donors (Lipinski definition) is 1. The maximum absolute atomic E-state index is 12.2. The average Bonchev–Trinajstić information content (AvgIpc) is 3.03. The first-order chi connectivity index (χ1) is 11.8. The lowest BCUT2D eigenvalue weighted by atomic mass is 10.1. The molecule has 2 fully saturated rings. The van der Waals surface area contributed by atoms with E-state index in [-0.39, 0.29) is 5.91 Å². The van der Waals surface area contributed by atoms with Crippen molar-refractivity contribution in [2.24, 2.45) is 0 Å². The zero-order valence-corrected chi connectivity index (χ0v) is 16.0. The largest absolute Gasteiger partial charge is 0.352 e. The lowest BCUT2D eigenvalue weighted by Crippen LogP contribution is -2.30. The zero-order valence-electron chi connectivity index (χ0n) is 14.3. The van der Waals surface area contributed by atoms with Crippen molar-refractivity contribution in [3.8, 4) is 0 Å². The average molecular weight is 365 g/mol. The fourth-order valence-corrected chi connectivity index (χ4v) is 6.17. The van der Waals surface area contributed by atoms with E-state index in [0.717, 1.165) is 25.1 Å². The molecule has 0 unspecified atom stereocenters. The molecule has 2 aliphatic heterocycles. The van der Waals surface area contributed by atoms with Gasteiger partial charge in [-0.15, -0.1) is 23.5 Å². The maximum Gasteiger partial charge on any atom is 0.251 e. The molecule has 1 aromatic rings. The van der Waals surface area contributed by atoms with Crippen molar-refractivity contribution < 1.29 is 4.79 Å². The van der Waals surface area contributed by atoms with E-state index in [1.807, 2.05) is 35.7 Å². The monoisotopic (exact) mass is 364 g/mol. The topological polar surface area (TPSA) is 32.3 Å². The molecule has 2 saturated heterocycles. The van der Waals surface area contributed by atoms with E-state index < -0.39 is 0 Å². The number of rotatable bonds is 6. The molecule has 3 nitrogen and oxygen atoms in total. The fourth-order valence-electron chi connectivity index (χ4n) is 3.31. The fraction of sp³-hybridized carbons (Fsp3) is 0.632. The molecular formula is C19H28N2OS2. The van der Waals surface area contributed by atoms with Crippen molar-refractivity contribution in [3.05, 3.63) is 35.4 Å². The molecule has 1 N–H and O–H groups in total. The van der Waals surface area contributed by atoms with Crippen LogP contribution in [0.2, 0.25) is 0 Å². The van der Waals surface area contributed by atoms with Gasteiger partial charge in [0.1, 0.15) is 0 Å². The van der Waals surface area contributed by atoms with Crippen molar-refractivity contribution in [1.82, 2.24) is 10.2 Å². The molecular weight excluding hydrogens is 336 g/mol. The molecule has 2 heterocycles. The van der Waals surface area contributed by atoms with Gasteiger partial charge in [-0.25, -0.2) is 0 Å². The Morgan fingerprint density at radius 2 is 1.71 bits per heavy atom. The summed E-state index contributed by atoms with van der Waals surface area (Å²) in [6.07, 6.45) is 6.45. The van der Waals surface area contributed by atoms with Gasteiger partial charge in [0.05, 0.1) is 4.58 Å². The van der Waals surface area contributed by atoms with E-state index in [1.54, 1.807) is 0 Å². The first-order valence-corrected chi connectivity index (χ1v) is 11.3. The van der Waals surface area contributed by atoms with Crippen LogP contribution >= 0.6 is 23.5 Å². The number of amides is 1.